The Morgan fingerprint density at radius 3 is 2.66 bits per heavy atom. The standard InChI is InChI=1S/C23H29N7O2.2H2/c1-5-20(31)30-11-10-29(14-15(30)2)19-13-25-16(3)21(26-19)23-28-27-22(32-23)18-8-6-17(7-9-18)12-24-4;;/h6-9,13,15,24H,5,10-12,14H2,1-4H3;2*1H/t15-;;/m1../s1. The summed E-state index contributed by atoms with van der Waals surface area (Å²) in [4.78, 5) is 25.5. The normalized spacial score (nSPS) is 16.4. The number of amides is 1. The topological polar surface area (TPSA) is 100 Å². The number of nitrogens with zero attached hydrogens (tertiary/aromatic N) is 6. The maximum absolute atomic E-state index is 12.1. The van der Waals surface area contributed by atoms with E-state index in [9.17, 15) is 4.79 Å². The van der Waals surface area contributed by atoms with E-state index in [1.54, 1.807) is 6.20 Å². The van der Waals surface area contributed by atoms with Gasteiger partial charge in [0.05, 0.1) is 11.9 Å². The van der Waals surface area contributed by atoms with E-state index in [0.29, 0.717) is 43.5 Å². The first-order valence-electron chi connectivity index (χ1n) is 11.0. The second kappa shape index (κ2) is 9.44. The van der Waals surface area contributed by atoms with Gasteiger partial charge in [-0.2, -0.15) is 0 Å². The number of carbonyl (C=O) groups excluding carboxylic acids is 1. The minimum absolute atomic E-state index is 0. The van der Waals surface area contributed by atoms with Gasteiger partial charge in [-0.05, 0) is 38.6 Å². The lowest BCUT2D eigenvalue weighted by atomic mass is 10.1. The maximum atomic E-state index is 12.1. The number of piperazine rings is 1. The van der Waals surface area contributed by atoms with E-state index >= 15 is 0 Å². The molecular formula is C23H33N7O2. The van der Waals surface area contributed by atoms with Crippen LogP contribution in [0.2, 0.25) is 0 Å². The van der Waals surface area contributed by atoms with Crippen LogP contribution in [0.15, 0.2) is 34.9 Å². The highest BCUT2D eigenvalue weighted by Crippen LogP contribution is 2.27. The Bertz CT molecular complexity index is 1090. The van der Waals surface area contributed by atoms with Crippen molar-refractivity contribution >= 4 is 11.7 Å². The summed E-state index contributed by atoms with van der Waals surface area (Å²) in [5.41, 5.74) is 3.34. The van der Waals surface area contributed by atoms with Crippen LogP contribution in [0.1, 0.15) is 34.4 Å². The predicted molar refractivity (Wildman–Crippen MR) is 126 cm³/mol. The summed E-state index contributed by atoms with van der Waals surface area (Å²) in [5, 5.41) is 11.6. The number of aromatic nitrogens is 4. The van der Waals surface area contributed by atoms with Gasteiger partial charge >= 0.3 is 0 Å². The molecule has 9 nitrogen and oxygen atoms in total. The van der Waals surface area contributed by atoms with Gasteiger partial charge in [-0.15, -0.1) is 10.2 Å². The van der Waals surface area contributed by atoms with Gasteiger partial charge in [0.25, 0.3) is 5.89 Å². The lowest BCUT2D eigenvalue weighted by Crippen LogP contribution is -2.54. The SMILES string of the molecule is CCC(=O)N1CCN(c2cnc(C)c(-c3nnc(-c4ccc(CNC)cc4)o3)n2)C[C@H]1C.[HH].[HH]. The van der Waals surface area contributed by atoms with Crippen molar-refractivity contribution in [2.24, 2.45) is 0 Å². The summed E-state index contributed by atoms with van der Waals surface area (Å²) in [6.07, 6.45) is 2.29. The minimum Gasteiger partial charge on any atom is -0.415 e. The molecule has 1 saturated heterocycles. The first kappa shape index (κ1) is 21.9. The van der Waals surface area contributed by atoms with E-state index in [0.717, 1.165) is 23.6 Å². The number of anilines is 1. The van der Waals surface area contributed by atoms with Crippen molar-refractivity contribution in [2.45, 2.75) is 39.8 Å². The first-order valence-corrected chi connectivity index (χ1v) is 11.0. The average Bonchev–Trinajstić information content (AvgIpc) is 3.29. The number of aryl methyl sites for hydroxylation is 1. The average molecular weight is 440 g/mol. The molecule has 1 amide bonds. The zero-order chi connectivity index (χ0) is 22.7. The molecule has 32 heavy (non-hydrogen) atoms. The molecule has 4 rings (SSSR count). The Labute approximate surface area is 190 Å². The van der Waals surface area contributed by atoms with Crippen molar-refractivity contribution in [1.82, 2.24) is 30.4 Å². The molecule has 1 N–H and O–H groups in total. The van der Waals surface area contributed by atoms with Crippen LogP contribution in [-0.4, -0.2) is 63.7 Å². The zero-order valence-corrected chi connectivity index (χ0v) is 19.0. The molecular weight excluding hydrogens is 406 g/mol. The van der Waals surface area contributed by atoms with Gasteiger partial charge in [0.15, 0.2) is 5.69 Å². The van der Waals surface area contributed by atoms with Crippen molar-refractivity contribution < 1.29 is 12.1 Å². The molecule has 2 aromatic heterocycles. The lowest BCUT2D eigenvalue weighted by molar-refractivity contribution is -0.133. The highest BCUT2D eigenvalue weighted by atomic mass is 16.4. The molecule has 0 spiro atoms. The fourth-order valence-electron chi connectivity index (χ4n) is 3.94. The molecule has 1 aliphatic heterocycles. The summed E-state index contributed by atoms with van der Waals surface area (Å²) in [6.45, 7) is 8.73. The molecule has 0 unspecified atom stereocenters. The number of nitrogens with one attached hydrogen (secondary N) is 1. The molecule has 3 heterocycles. The third kappa shape index (κ3) is 4.47. The fraction of sp³-hybridized carbons (Fsp3) is 0.435. The largest absolute Gasteiger partial charge is 0.415 e. The number of benzene rings is 1. The van der Waals surface area contributed by atoms with Crippen LogP contribution in [0.5, 0.6) is 0 Å². The summed E-state index contributed by atoms with van der Waals surface area (Å²) in [7, 11) is 1.92. The van der Waals surface area contributed by atoms with Crippen LogP contribution in [0.4, 0.5) is 5.82 Å². The maximum Gasteiger partial charge on any atom is 0.268 e. The smallest absolute Gasteiger partial charge is 0.268 e. The first-order chi connectivity index (χ1) is 15.5. The van der Waals surface area contributed by atoms with Crippen molar-refractivity contribution in [2.75, 3.05) is 31.6 Å². The van der Waals surface area contributed by atoms with Crippen molar-refractivity contribution in [3.05, 3.63) is 41.7 Å². The van der Waals surface area contributed by atoms with E-state index in [1.165, 1.54) is 5.56 Å². The summed E-state index contributed by atoms with van der Waals surface area (Å²) < 4.78 is 5.95. The molecule has 9 heteroatoms. The molecule has 0 bridgehead atoms. The van der Waals surface area contributed by atoms with E-state index in [4.69, 9.17) is 9.40 Å². The van der Waals surface area contributed by atoms with E-state index < -0.39 is 0 Å². The molecule has 0 radical (unpaired) electrons. The van der Waals surface area contributed by atoms with Crippen LogP contribution in [0.25, 0.3) is 23.0 Å². The highest BCUT2D eigenvalue weighted by Gasteiger charge is 2.28. The van der Waals surface area contributed by atoms with Gasteiger partial charge < -0.3 is 19.5 Å². The van der Waals surface area contributed by atoms with Gasteiger partial charge in [0, 0.05) is 47.1 Å². The number of rotatable bonds is 6. The molecule has 0 saturated carbocycles. The van der Waals surface area contributed by atoms with Gasteiger partial charge in [0.2, 0.25) is 11.8 Å². The van der Waals surface area contributed by atoms with Gasteiger partial charge in [-0.25, -0.2) is 4.98 Å². The van der Waals surface area contributed by atoms with Crippen molar-refractivity contribution in [3.8, 4) is 23.0 Å². The Balaban J connectivity index is 0.00000204. The summed E-state index contributed by atoms with van der Waals surface area (Å²) >= 11 is 0. The van der Waals surface area contributed by atoms with Crippen LogP contribution < -0.4 is 10.2 Å². The fourth-order valence-corrected chi connectivity index (χ4v) is 3.94. The predicted octanol–water partition coefficient (Wildman–Crippen LogP) is 3.16. The number of hydrogen-bond donors (Lipinski definition) is 1. The summed E-state index contributed by atoms with van der Waals surface area (Å²) in [6, 6.07) is 8.12. The highest BCUT2D eigenvalue weighted by molar-refractivity contribution is 5.76. The van der Waals surface area contributed by atoms with Gasteiger partial charge in [-0.1, -0.05) is 19.1 Å². The second-order valence-corrected chi connectivity index (χ2v) is 8.04. The number of hydrogen-bond acceptors (Lipinski definition) is 8. The van der Waals surface area contributed by atoms with Crippen LogP contribution in [0.3, 0.4) is 0 Å². The lowest BCUT2D eigenvalue weighted by Gasteiger charge is -2.40. The van der Waals surface area contributed by atoms with Gasteiger partial charge in [-0.3, -0.25) is 9.78 Å². The molecule has 1 fully saturated rings. The Morgan fingerprint density at radius 2 is 1.97 bits per heavy atom. The van der Waals surface area contributed by atoms with E-state index in [1.807, 2.05) is 50.1 Å². The van der Waals surface area contributed by atoms with E-state index in [2.05, 4.69) is 32.3 Å². The van der Waals surface area contributed by atoms with E-state index in [-0.39, 0.29) is 14.8 Å². The van der Waals surface area contributed by atoms with Crippen LogP contribution in [0, 0.1) is 6.92 Å². The van der Waals surface area contributed by atoms with Crippen molar-refractivity contribution in [1.29, 1.82) is 0 Å². The Kier molecular flexibility index (Phi) is 6.45. The molecule has 3 aromatic rings. The quantitative estimate of drug-likeness (QED) is 0.625. The minimum atomic E-state index is 0. The molecule has 0 aliphatic carbocycles. The zero-order valence-electron chi connectivity index (χ0n) is 19.0. The number of carbonyl (C=O) groups is 1. The molecule has 1 aromatic carbocycles. The molecule has 172 valence electrons. The Morgan fingerprint density at radius 1 is 1.22 bits per heavy atom. The summed E-state index contributed by atoms with van der Waals surface area (Å²) in [5.74, 6) is 1.73. The molecule has 1 aliphatic rings. The molecule has 1 atom stereocenters. The van der Waals surface area contributed by atoms with Gasteiger partial charge in [0.1, 0.15) is 5.82 Å². The third-order valence-electron chi connectivity index (χ3n) is 5.73. The Hall–Kier alpha value is -3.33. The van der Waals surface area contributed by atoms with Crippen LogP contribution >= 0.6 is 0 Å². The monoisotopic (exact) mass is 439 g/mol. The second-order valence-electron chi connectivity index (χ2n) is 8.04. The van der Waals surface area contributed by atoms with Crippen LogP contribution in [-0.2, 0) is 11.3 Å². The van der Waals surface area contributed by atoms with Crippen molar-refractivity contribution in [3.63, 3.8) is 0 Å². The third-order valence-corrected chi connectivity index (χ3v) is 5.73.